The zero-order valence-corrected chi connectivity index (χ0v) is 17.8. The second-order valence-corrected chi connectivity index (χ2v) is 7.85. The molecule has 0 aromatic carbocycles. The molecule has 1 aromatic heterocycles. The molecule has 0 radical (unpaired) electrons. The molecule has 34 heavy (non-hydrogen) atoms. The highest BCUT2D eigenvalue weighted by atomic mass is 19.4. The summed E-state index contributed by atoms with van der Waals surface area (Å²) < 4.78 is 75.5. The lowest BCUT2D eigenvalue weighted by Crippen LogP contribution is -2.52. The summed E-state index contributed by atoms with van der Waals surface area (Å²) in [5.41, 5.74) is 0. The van der Waals surface area contributed by atoms with Crippen LogP contribution in [0.15, 0.2) is 24.4 Å². The monoisotopic (exact) mass is 502 g/mol. The van der Waals surface area contributed by atoms with Gasteiger partial charge in [0.25, 0.3) is 0 Å². The lowest BCUT2D eigenvalue weighted by molar-refractivity contribution is -0.193. The molecule has 0 spiro atoms. The smallest absolute Gasteiger partial charge is 0.475 e. The van der Waals surface area contributed by atoms with Crippen molar-refractivity contribution in [3.05, 3.63) is 24.4 Å². The largest absolute Gasteiger partial charge is 0.490 e. The molecule has 3 fully saturated rings. The van der Waals surface area contributed by atoms with Gasteiger partial charge >= 0.3 is 24.3 Å². The number of fused-ring (bicyclic) bond motifs is 1. The molecule has 14 heteroatoms. The summed E-state index contributed by atoms with van der Waals surface area (Å²) in [4.78, 5) is 24.7. The Kier molecular flexibility index (Phi) is 9.50. The quantitative estimate of drug-likeness (QED) is 0.604. The van der Waals surface area contributed by atoms with Crippen LogP contribution in [0, 0.1) is 5.92 Å². The Bertz CT molecular complexity index is 779. The van der Waals surface area contributed by atoms with E-state index in [9.17, 15) is 26.3 Å². The molecular weight excluding hydrogens is 478 g/mol. The molecule has 0 bridgehead atoms. The highest BCUT2D eigenvalue weighted by Gasteiger charge is 2.45. The SMILES string of the molecule is O=C(O)C(F)(F)F.O=C(O)C(F)(F)F.c1ccc(O[C@@H]2CC[C@H]3[C@H]2OCCN3CC2CC2)nc1. The van der Waals surface area contributed by atoms with E-state index in [4.69, 9.17) is 29.3 Å². The van der Waals surface area contributed by atoms with Crippen molar-refractivity contribution in [2.45, 2.75) is 56.3 Å². The van der Waals surface area contributed by atoms with E-state index in [-0.39, 0.29) is 12.2 Å². The van der Waals surface area contributed by atoms with Crippen LogP contribution in [0.1, 0.15) is 25.7 Å². The maximum absolute atomic E-state index is 10.6. The van der Waals surface area contributed by atoms with Crippen molar-refractivity contribution >= 4 is 11.9 Å². The van der Waals surface area contributed by atoms with Crippen LogP contribution in [0.4, 0.5) is 26.3 Å². The van der Waals surface area contributed by atoms with Crippen LogP contribution in [0.5, 0.6) is 5.88 Å². The second kappa shape index (κ2) is 11.7. The number of ether oxygens (including phenoxy) is 2. The zero-order valence-electron chi connectivity index (χ0n) is 17.8. The fourth-order valence-electron chi connectivity index (χ4n) is 3.55. The Balaban J connectivity index is 0.000000244. The number of alkyl halides is 6. The van der Waals surface area contributed by atoms with Gasteiger partial charge in [0.2, 0.25) is 5.88 Å². The van der Waals surface area contributed by atoms with E-state index in [1.165, 1.54) is 25.8 Å². The van der Waals surface area contributed by atoms with Crippen molar-refractivity contribution in [1.82, 2.24) is 9.88 Å². The minimum absolute atomic E-state index is 0.164. The highest BCUT2D eigenvalue weighted by Crippen LogP contribution is 2.36. The third-order valence-corrected chi connectivity index (χ3v) is 5.23. The molecule has 3 atom stereocenters. The molecule has 1 aliphatic heterocycles. The average molecular weight is 502 g/mol. The fraction of sp³-hybridized carbons (Fsp3) is 0.650. The number of nitrogens with zero attached hydrogens (tertiary/aromatic N) is 2. The summed E-state index contributed by atoms with van der Waals surface area (Å²) in [5, 5.41) is 14.2. The van der Waals surface area contributed by atoms with Gasteiger partial charge in [0.15, 0.2) is 0 Å². The molecule has 0 unspecified atom stereocenters. The van der Waals surface area contributed by atoms with Gasteiger partial charge in [0, 0.05) is 31.4 Å². The molecular formula is C20H24F6N2O6. The molecule has 2 saturated carbocycles. The molecule has 1 saturated heterocycles. The van der Waals surface area contributed by atoms with Crippen LogP contribution in [-0.2, 0) is 14.3 Å². The van der Waals surface area contributed by atoms with Gasteiger partial charge in [0.05, 0.1) is 6.61 Å². The predicted octanol–water partition coefficient (Wildman–Crippen LogP) is 3.37. The summed E-state index contributed by atoms with van der Waals surface area (Å²) >= 11 is 0. The number of rotatable bonds is 4. The van der Waals surface area contributed by atoms with Crippen molar-refractivity contribution in [1.29, 1.82) is 0 Å². The first-order valence-corrected chi connectivity index (χ1v) is 10.3. The Hall–Kier alpha value is -2.61. The lowest BCUT2D eigenvalue weighted by atomic mass is 10.1. The summed E-state index contributed by atoms with van der Waals surface area (Å²) in [7, 11) is 0. The molecule has 4 rings (SSSR count). The number of hydrogen-bond acceptors (Lipinski definition) is 6. The second-order valence-electron chi connectivity index (χ2n) is 7.85. The minimum Gasteiger partial charge on any atom is -0.475 e. The summed E-state index contributed by atoms with van der Waals surface area (Å²) in [6.45, 7) is 3.20. The number of pyridine rings is 1. The molecule has 2 N–H and O–H groups in total. The van der Waals surface area contributed by atoms with Gasteiger partial charge in [-0.2, -0.15) is 26.3 Å². The van der Waals surface area contributed by atoms with E-state index in [0.29, 0.717) is 6.04 Å². The number of aliphatic carboxylic acids is 2. The van der Waals surface area contributed by atoms with Crippen molar-refractivity contribution in [3.63, 3.8) is 0 Å². The number of carbonyl (C=O) groups is 2. The third-order valence-electron chi connectivity index (χ3n) is 5.23. The molecule has 3 aliphatic rings. The predicted molar refractivity (Wildman–Crippen MR) is 103 cm³/mol. The number of aromatic nitrogens is 1. The van der Waals surface area contributed by atoms with Crippen molar-refractivity contribution < 1.29 is 55.6 Å². The van der Waals surface area contributed by atoms with Gasteiger partial charge in [-0.15, -0.1) is 0 Å². The molecule has 1 aromatic rings. The van der Waals surface area contributed by atoms with Crippen molar-refractivity contribution in [3.8, 4) is 5.88 Å². The molecule has 0 amide bonds. The highest BCUT2D eigenvalue weighted by molar-refractivity contribution is 5.73. The number of carboxylic acids is 2. The third kappa shape index (κ3) is 8.97. The Morgan fingerprint density at radius 2 is 1.62 bits per heavy atom. The van der Waals surface area contributed by atoms with Crippen LogP contribution in [0.2, 0.25) is 0 Å². The minimum atomic E-state index is -5.08. The number of carboxylic acid groups (broad SMARTS) is 2. The molecule has 192 valence electrons. The Morgan fingerprint density at radius 3 is 2.09 bits per heavy atom. The van der Waals surface area contributed by atoms with Gasteiger partial charge in [-0.25, -0.2) is 14.6 Å². The first-order chi connectivity index (χ1) is 15.8. The number of morpholine rings is 1. The van der Waals surface area contributed by atoms with Gasteiger partial charge in [0.1, 0.15) is 12.2 Å². The van der Waals surface area contributed by atoms with E-state index in [0.717, 1.165) is 31.4 Å². The maximum Gasteiger partial charge on any atom is 0.490 e. The van der Waals surface area contributed by atoms with Crippen LogP contribution in [0.3, 0.4) is 0 Å². The van der Waals surface area contributed by atoms with Gasteiger partial charge in [-0.05, 0) is 37.7 Å². The van der Waals surface area contributed by atoms with E-state index in [1.807, 2.05) is 18.2 Å². The van der Waals surface area contributed by atoms with E-state index >= 15 is 0 Å². The van der Waals surface area contributed by atoms with Gasteiger partial charge < -0.3 is 19.7 Å². The first-order valence-electron chi connectivity index (χ1n) is 10.3. The van der Waals surface area contributed by atoms with E-state index in [2.05, 4.69) is 9.88 Å². The van der Waals surface area contributed by atoms with Crippen LogP contribution >= 0.6 is 0 Å². The van der Waals surface area contributed by atoms with Gasteiger partial charge in [-0.1, -0.05) is 6.07 Å². The Labute approximate surface area is 190 Å². The fourth-order valence-corrected chi connectivity index (χ4v) is 3.55. The molecule has 8 nitrogen and oxygen atoms in total. The first kappa shape index (κ1) is 27.6. The normalized spacial score (nSPS) is 24.6. The topological polar surface area (TPSA) is 109 Å². The Morgan fingerprint density at radius 1 is 1.03 bits per heavy atom. The van der Waals surface area contributed by atoms with Crippen molar-refractivity contribution in [2.24, 2.45) is 5.92 Å². The summed E-state index contributed by atoms with van der Waals surface area (Å²) in [5.74, 6) is -3.84. The molecule has 2 aliphatic carbocycles. The van der Waals surface area contributed by atoms with Crippen LogP contribution in [0.25, 0.3) is 0 Å². The van der Waals surface area contributed by atoms with Crippen molar-refractivity contribution in [2.75, 3.05) is 19.7 Å². The average Bonchev–Trinajstić information content (AvgIpc) is 3.47. The summed E-state index contributed by atoms with van der Waals surface area (Å²) in [6.07, 6.45) is -2.89. The standard InChI is InChI=1S/C16H22N2O2.2C2HF3O2/c1-2-8-17-15(3-1)20-14-7-6-13-16(14)19-10-9-18(13)11-12-4-5-12;2*3-2(4,5)1(6)7/h1-3,8,12-14,16H,4-7,9-11H2;2*(H,6,7)/t13-,14+,16+;;/m0../s1. The van der Waals surface area contributed by atoms with Gasteiger partial charge in [-0.3, -0.25) is 4.90 Å². The number of hydrogen-bond donors (Lipinski definition) is 2. The van der Waals surface area contributed by atoms with Crippen LogP contribution in [-0.4, -0.2) is 82.3 Å². The van der Waals surface area contributed by atoms with Crippen LogP contribution < -0.4 is 4.74 Å². The lowest BCUT2D eigenvalue weighted by Gasteiger charge is -2.39. The zero-order chi connectivity index (χ0) is 25.5. The van der Waals surface area contributed by atoms with E-state index < -0.39 is 24.3 Å². The molecule has 2 heterocycles. The van der Waals surface area contributed by atoms with E-state index in [1.54, 1.807) is 6.20 Å². The number of halogens is 6. The summed E-state index contributed by atoms with van der Waals surface area (Å²) in [6, 6.07) is 6.37. The maximum atomic E-state index is 10.6.